The molecule has 0 radical (unpaired) electrons. The highest BCUT2D eigenvalue weighted by Gasteiger charge is 2.09. The lowest BCUT2D eigenvalue weighted by Gasteiger charge is -2.03. The molecular weight excluding hydrogens is 340 g/mol. The molecule has 3 N–H and O–H groups in total. The molecule has 120 valence electrons. The average Bonchev–Trinajstić information content (AvgIpc) is 2.91. The minimum atomic E-state index is -0.0666. The maximum absolute atomic E-state index is 11.7. The van der Waals surface area contributed by atoms with Crippen molar-refractivity contribution >= 4 is 46.5 Å². The molecule has 0 saturated carbocycles. The molecule has 0 saturated heterocycles. The monoisotopic (exact) mass is 358 g/mol. The van der Waals surface area contributed by atoms with Gasteiger partial charge in [-0.1, -0.05) is 53.4 Å². The van der Waals surface area contributed by atoms with E-state index < -0.39 is 0 Å². The molecule has 22 heavy (non-hydrogen) atoms. The van der Waals surface area contributed by atoms with Crippen molar-refractivity contribution in [2.24, 2.45) is 5.73 Å². The predicted molar refractivity (Wildman–Crippen MR) is 94.7 cm³/mol. The molecule has 0 aliphatic heterocycles. The van der Waals surface area contributed by atoms with Gasteiger partial charge in [0.2, 0.25) is 11.0 Å². The molecule has 1 unspecified atom stereocenters. The number of carbonyl (C=O) groups excluding carboxylic acids is 1. The molecule has 0 fully saturated rings. The quantitative estimate of drug-likeness (QED) is 0.586. The molecule has 2 aromatic rings. The van der Waals surface area contributed by atoms with Crippen LogP contribution in [0.5, 0.6) is 0 Å². The Morgan fingerprint density at radius 1 is 1.36 bits per heavy atom. The smallest absolute Gasteiger partial charge is 0.226 e. The van der Waals surface area contributed by atoms with Crippen LogP contribution in [0.2, 0.25) is 0 Å². The van der Waals surface area contributed by atoms with Crippen LogP contribution in [0.15, 0.2) is 34.7 Å². The number of nitrogens with zero attached hydrogens (tertiary/aromatic N) is 2. The Balaban J connectivity index is 0.00000242. The van der Waals surface area contributed by atoms with Crippen molar-refractivity contribution in [2.75, 3.05) is 5.32 Å². The summed E-state index contributed by atoms with van der Waals surface area (Å²) >= 11 is 3.01. The standard InChI is InChI=1S/C14H18N4OS2.ClH/c1-10(15)7-8-12(19)16-13-17-18-14(21-13)20-9-11-5-3-2-4-6-11;/h2-6,10H,7-9,15H2,1H3,(H,16,17,19);1H. The van der Waals surface area contributed by atoms with E-state index in [0.29, 0.717) is 18.0 Å². The van der Waals surface area contributed by atoms with Gasteiger partial charge in [-0.2, -0.15) is 0 Å². The fourth-order valence-corrected chi connectivity index (χ4v) is 3.30. The number of nitrogens with two attached hydrogens (primary N) is 1. The summed E-state index contributed by atoms with van der Waals surface area (Å²) in [5.74, 6) is 0.775. The number of thioether (sulfide) groups is 1. The van der Waals surface area contributed by atoms with Gasteiger partial charge >= 0.3 is 0 Å². The normalized spacial score (nSPS) is 11.5. The molecule has 5 nitrogen and oxygen atoms in total. The van der Waals surface area contributed by atoms with Crippen LogP contribution in [0.25, 0.3) is 0 Å². The van der Waals surface area contributed by atoms with Crippen LogP contribution in [0.3, 0.4) is 0 Å². The van der Waals surface area contributed by atoms with Crippen LogP contribution in [0.4, 0.5) is 5.13 Å². The summed E-state index contributed by atoms with van der Waals surface area (Å²) in [4.78, 5) is 11.7. The summed E-state index contributed by atoms with van der Waals surface area (Å²) in [6, 6.07) is 10.2. The average molecular weight is 359 g/mol. The first-order valence-corrected chi connectivity index (χ1v) is 8.49. The lowest BCUT2D eigenvalue weighted by molar-refractivity contribution is -0.116. The van der Waals surface area contributed by atoms with E-state index in [-0.39, 0.29) is 24.4 Å². The van der Waals surface area contributed by atoms with Gasteiger partial charge in [0, 0.05) is 18.2 Å². The fraction of sp³-hybridized carbons (Fsp3) is 0.357. The number of hydrogen-bond donors (Lipinski definition) is 2. The topological polar surface area (TPSA) is 80.9 Å². The Hall–Kier alpha value is -1.15. The first-order valence-electron chi connectivity index (χ1n) is 6.69. The van der Waals surface area contributed by atoms with Crippen molar-refractivity contribution in [2.45, 2.75) is 35.9 Å². The SMILES string of the molecule is CC(N)CCC(=O)Nc1nnc(SCc2ccccc2)s1.Cl. The van der Waals surface area contributed by atoms with Gasteiger partial charge < -0.3 is 11.1 Å². The van der Waals surface area contributed by atoms with Crippen molar-refractivity contribution < 1.29 is 4.79 Å². The van der Waals surface area contributed by atoms with E-state index in [4.69, 9.17) is 5.73 Å². The van der Waals surface area contributed by atoms with Crippen molar-refractivity contribution in [1.29, 1.82) is 0 Å². The summed E-state index contributed by atoms with van der Waals surface area (Å²) in [6.45, 7) is 1.89. The van der Waals surface area contributed by atoms with E-state index in [9.17, 15) is 4.79 Å². The van der Waals surface area contributed by atoms with Crippen LogP contribution < -0.4 is 11.1 Å². The van der Waals surface area contributed by atoms with E-state index in [0.717, 1.165) is 10.1 Å². The van der Waals surface area contributed by atoms with Gasteiger partial charge in [-0.3, -0.25) is 4.79 Å². The molecule has 1 atom stereocenters. The summed E-state index contributed by atoms with van der Waals surface area (Å²) in [5.41, 5.74) is 6.86. The third-order valence-electron chi connectivity index (χ3n) is 2.68. The van der Waals surface area contributed by atoms with Crippen LogP contribution in [-0.4, -0.2) is 22.1 Å². The zero-order valence-corrected chi connectivity index (χ0v) is 14.6. The highest BCUT2D eigenvalue weighted by molar-refractivity contribution is 8.00. The summed E-state index contributed by atoms with van der Waals surface area (Å²) in [5, 5.41) is 11.3. The van der Waals surface area contributed by atoms with Crippen molar-refractivity contribution in [3.63, 3.8) is 0 Å². The Bertz CT molecular complexity index is 577. The van der Waals surface area contributed by atoms with Crippen LogP contribution in [0, 0.1) is 0 Å². The number of anilines is 1. The van der Waals surface area contributed by atoms with E-state index in [1.807, 2.05) is 25.1 Å². The number of rotatable bonds is 7. The van der Waals surface area contributed by atoms with Crippen LogP contribution in [-0.2, 0) is 10.5 Å². The summed E-state index contributed by atoms with van der Waals surface area (Å²) in [6.07, 6.45) is 1.07. The Morgan fingerprint density at radius 3 is 2.77 bits per heavy atom. The number of halogens is 1. The second-order valence-electron chi connectivity index (χ2n) is 4.71. The highest BCUT2D eigenvalue weighted by atomic mass is 35.5. The number of nitrogens with one attached hydrogen (secondary N) is 1. The Morgan fingerprint density at radius 2 is 2.09 bits per heavy atom. The van der Waals surface area contributed by atoms with Gasteiger partial charge in [0.05, 0.1) is 0 Å². The van der Waals surface area contributed by atoms with E-state index in [2.05, 4.69) is 27.6 Å². The van der Waals surface area contributed by atoms with Crippen molar-refractivity contribution in [1.82, 2.24) is 10.2 Å². The largest absolute Gasteiger partial charge is 0.328 e. The van der Waals surface area contributed by atoms with Gasteiger partial charge in [0.15, 0.2) is 4.34 Å². The Labute approximate surface area is 144 Å². The first-order chi connectivity index (χ1) is 10.1. The molecule has 0 aliphatic rings. The molecule has 1 aromatic heterocycles. The van der Waals surface area contributed by atoms with Crippen LogP contribution >= 0.6 is 35.5 Å². The summed E-state index contributed by atoms with van der Waals surface area (Å²) in [7, 11) is 0. The van der Waals surface area contributed by atoms with Gasteiger partial charge in [0.25, 0.3) is 0 Å². The molecule has 1 aromatic carbocycles. The molecular formula is C14H19ClN4OS2. The van der Waals surface area contributed by atoms with E-state index in [1.165, 1.54) is 16.9 Å². The second-order valence-corrected chi connectivity index (χ2v) is 6.91. The lowest BCUT2D eigenvalue weighted by atomic mass is 10.2. The van der Waals surface area contributed by atoms with Gasteiger partial charge in [0.1, 0.15) is 0 Å². The first kappa shape index (κ1) is 18.9. The van der Waals surface area contributed by atoms with Crippen molar-refractivity contribution in [3.05, 3.63) is 35.9 Å². The summed E-state index contributed by atoms with van der Waals surface area (Å²) < 4.78 is 0.848. The maximum Gasteiger partial charge on any atom is 0.226 e. The molecule has 8 heteroatoms. The minimum absolute atomic E-state index is 0. The number of aromatic nitrogens is 2. The fourth-order valence-electron chi connectivity index (χ4n) is 1.58. The molecule has 1 amide bonds. The number of benzene rings is 1. The molecule has 0 aliphatic carbocycles. The van der Waals surface area contributed by atoms with Crippen LogP contribution in [0.1, 0.15) is 25.3 Å². The van der Waals surface area contributed by atoms with Gasteiger partial charge in [-0.15, -0.1) is 22.6 Å². The second kappa shape index (κ2) is 9.78. The maximum atomic E-state index is 11.7. The molecule has 0 spiro atoms. The zero-order chi connectivity index (χ0) is 15.1. The van der Waals surface area contributed by atoms with E-state index in [1.54, 1.807) is 11.8 Å². The third kappa shape index (κ3) is 6.74. The highest BCUT2D eigenvalue weighted by Crippen LogP contribution is 2.28. The van der Waals surface area contributed by atoms with Crippen molar-refractivity contribution in [3.8, 4) is 0 Å². The molecule has 2 rings (SSSR count). The number of amides is 1. The van der Waals surface area contributed by atoms with Gasteiger partial charge in [-0.25, -0.2) is 0 Å². The molecule has 0 bridgehead atoms. The van der Waals surface area contributed by atoms with Gasteiger partial charge in [-0.05, 0) is 18.9 Å². The zero-order valence-electron chi connectivity index (χ0n) is 12.2. The number of hydrogen-bond acceptors (Lipinski definition) is 6. The Kier molecular flexibility index (Phi) is 8.40. The van der Waals surface area contributed by atoms with E-state index >= 15 is 0 Å². The third-order valence-corrected chi connectivity index (χ3v) is 4.73. The molecule has 1 heterocycles. The number of carbonyl (C=O) groups is 1. The predicted octanol–water partition coefficient (Wildman–Crippen LogP) is 3.32. The lowest BCUT2D eigenvalue weighted by Crippen LogP contribution is -2.19. The minimum Gasteiger partial charge on any atom is -0.328 e.